The summed E-state index contributed by atoms with van der Waals surface area (Å²) in [4.78, 5) is 2.16. The van der Waals surface area contributed by atoms with E-state index in [1.807, 2.05) is 6.07 Å². The first-order chi connectivity index (χ1) is 7.75. The Labute approximate surface area is 99.5 Å². The summed E-state index contributed by atoms with van der Waals surface area (Å²) in [5, 5.41) is 0. The molecular weight excluding hydrogens is 194 g/mol. The minimum atomic E-state index is 0.220. The lowest BCUT2D eigenvalue weighted by molar-refractivity contribution is 0.361. The molecule has 86 valence electrons. The Morgan fingerprint density at radius 2 is 1.88 bits per heavy atom. The third-order valence-electron chi connectivity index (χ3n) is 2.53. The lowest BCUT2D eigenvalue weighted by atomic mass is 10.1. The fourth-order valence-corrected chi connectivity index (χ4v) is 1.58. The summed E-state index contributed by atoms with van der Waals surface area (Å²) in [6.45, 7) is 2.20. The zero-order chi connectivity index (χ0) is 11.8. The maximum Gasteiger partial charge on any atom is 0.0965 e. The highest BCUT2D eigenvalue weighted by molar-refractivity contribution is 5.26. The quantitative estimate of drug-likeness (QED) is 0.549. The van der Waals surface area contributed by atoms with E-state index < -0.39 is 0 Å². The minimum Gasteiger partial charge on any atom is -0.292 e. The largest absolute Gasteiger partial charge is 0.292 e. The second-order valence-electron chi connectivity index (χ2n) is 4.20. The summed E-state index contributed by atoms with van der Waals surface area (Å²) in [6, 6.07) is 10.7. The number of rotatable bonds is 4. The van der Waals surface area contributed by atoms with Crippen LogP contribution in [0, 0.1) is 11.8 Å². The van der Waals surface area contributed by atoms with Gasteiger partial charge in [-0.2, -0.15) is 0 Å². The van der Waals surface area contributed by atoms with Gasteiger partial charge in [0.25, 0.3) is 0 Å². The van der Waals surface area contributed by atoms with Crippen LogP contribution in [0.1, 0.15) is 37.8 Å². The predicted octanol–water partition coefficient (Wildman–Crippen LogP) is 3.48. The second-order valence-corrected chi connectivity index (χ2v) is 4.20. The molecule has 0 aliphatic carbocycles. The zero-order valence-corrected chi connectivity index (χ0v) is 10.5. The van der Waals surface area contributed by atoms with Crippen LogP contribution in [0.25, 0.3) is 0 Å². The monoisotopic (exact) mass is 215 g/mol. The first-order valence-electron chi connectivity index (χ1n) is 5.95. The van der Waals surface area contributed by atoms with Gasteiger partial charge < -0.3 is 0 Å². The predicted molar refractivity (Wildman–Crippen MR) is 70.2 cm³/mol. The van der Waals surface area contributed by atoms with Crippen LogP contribution in [0.2, 0.25) is 0 Å². The standard InChI is InChI=1S/C15H21N/c1-4-5-6-10-13-15(16(2)3)14-11-8-7-9-12-14/h7-9,11-12,15H,4-6H2,1-3H3. The molecule has 0 radical (unpaired) electrons. The van der Waals surface area contributed by atoms with Crippen LogP contribution in [0.5, 0.6) is 0 Å². The average molecular weight is 215 g/mol. The van der Waals surface area contributed by atoms with Crippen molar-refractivity contribution < 1.29 is 0 Å². The molecule has 0 aromatic heterocycles. The maximum absolute atomic E-state index is 3.35. The van der Waals surface area contributed by atoms with Crippen molar-refractivity contribution in [2.75, 3.05) is 14.1 Å². The highest BCUT2D eigenvalue weighted by Crippen LogP contribution is 2.16. The fraction of sp³-hybridized carbons (Fsp3) is 0.467. The van der Waals surface area contributed by atoms with E-state index in [-0.39, 0.29) is 6.04 Å². The molecule has 16 heavy (non-hydrogen) atoms. The third-order valence-corrected chi connectivity index (χ3v) is 2.53. The Bertz CT molecular complexity index is 343. The van der Waals surface area contributed by atoms with E-state index in [0.717, 1.165) is 6.42 Å². The Morgan fingerprint density at radius 1 is 1.19 bits per heavy atom. The Balaban J connectivity index is 2.71. The van der Waals surface area contributed by atoms with Crippen LogP contribution < -0.4 is 0 Å². The summed E-state index contributed by atoms with van der Waals surface area (Å²) >= 11 is 0. The number of benzene rings is 1. The van der Waals surface area contributed by atoms with E-state index in [0.29, 0.717) is 0 Å². The Hall–Kier alpha value is -1.26. The molecule has 0 saturated carbocycles. The molecule has 0 aliphatic heterocycles. The highest BCUT2D eigenvalue weighted by Gasteiger charge is 2.09. The van der Waals surface area contributed by atoms with E-state index in [9.17, 15) is 0 Å². The Morgan fingerprint density at radius 3 is 2.44 bits per heavy atom. The molecule has 1 atom stereocenters. The summed E-state index contributed by atoms with van der Waals surface area (Å²) in [6.07, 6.45) is 3.42. The van der Waals surface area contributed by atoms with Crippen LogP contribution in [-0.2, 0) is 0 Å². The molecule has 0 N–H and O–H groups in total. The van der Waals surface area contributed by atoms with Gasteiger partial charge >= 0.3 is 0 Å². The molecule has 0 heterocycles. The van der Waals surface area contributed by atoms with Crippen LogP contribution in [0.15, 0.2) is 30.3 Å². The molecule has 0 amide bonds. The number of nitrogens with zero attached hydrogens (tertiary/aromatic N) is 1. The van der Waals surface area contributed by atoms with Crippen molar-refractivity contribution in [2.45, 2.75) is 32.2 Å². The highest BCUT2D eigenvalue weighted by atomic mass is 15.1. The van der Waals surface area contributed by atoms with Gasteiger partial charge in [0.2, 0.25) is 0 Å². The molecule has 0 bridgehead atoms. The fourth-order valence-electron chi connectivity index (χ4n) is 1.58. The van der Waals surface area contributed by atoms with Gasteiger partial charge in [-0.25, -0.2) is 0 Å². The van der Waals surface area contributed by atoms with E-state index in [4.69, 9.17) is 0 Å². The summed E-state index contributed by atoms with van der Waals surface area (Å²) in [5.74, 6) is 6.62. The summed E-state index contributed by atoms with van der Waals surface area (Å²) in [5.41, 5.74) is 1.27. The molecule has 0 spiro atoms. The second kappa shape index (κ2) is 7.09. The number of hydrogen-bond donors (Lipinski definition) is 0. The average Bonchev–Trinajstić information content (AvgIpc) is 2.30. The topological polar surface area (TPSA) is 3.24 Å². The zero-order valence-electron chi connectivity index (χ0n) is 10.5. The first kappa shape index (κ1) is 12.8. The van der Waals surface area contributed by atoms with Gasteiger partial charge in [0, 0.05) is 6.42 Å². The van der Waals surface area contributed by atoms with Gasteiger partial charge in [-0.05, 0) is 26.1 Å². The van der Waals surface area contributed by atoms with Gasteiger partial charge in [0.15, 0.2) is 0 Å². The molecule has 1 aromatic rings. The minimum absolute atomic E-state index is 0.220. The third kappa shape index (κ3) is 4.08. The van der Waals surface area contributed by atoms with E-state index >= 15 is 0 Å². The van der Waals surface area contributed by atoms with Gasteiger partial charge in [-0.15, -0.1) is 5.92 Å². The lowest BCUT2D eigenvalue weighted by Gasteiger charge is -2.19. The molecule has 0 fully saturated rings. The van der Waals surface area contributed by atoms with Crippen molar-refractivity contribution in [1.82, 2.24) is 4.90 Å². The van der Waals surface area contributed by atoms with Crippen molar-refractivity contribution >= 4 is 0 Å². The Kier molecular flexibility index (Phi) is 5.67. The molecule has 1 aromatic carbocycles. The number of hydrogen-bond acceptors (Lipinski definition) is 1. The number of unbranched alkanes of at least 4 members (excludes halogenated alkanes) is 2. The molecule has 1 nitrogen and oxygen atoms in total. The molecule has 0 aliphatic rings. The first-order valence-corrected chi connectivity index (χ1v) is 5.95. The smallest absolute Gasteiger partial charge is 0.0965 e. The van der Waals surface area contributed by atoms with Crippen LogP contribution >= 0.6 is 0 Å². The van der Waals surface area contributed by atoms with Gasteiger partial charge in [-0.1, -0.05) is 49.6 Å². The lowest BCUT2D eigenvalue weighted by Crippen LogP contribution is -2.18. The van der Waals surface area contributed by atoms with Gasteiger partial charge in [0.1, 0.15) is 0 Å². The molecule has 1 rings (SSSR count). The van der Waals surface area contributed by atoms with Crippen molar-refractivity contribution in [3.63, 3.8) is 0 Å². The van der Waals surface area contributed by atoms with Crippen molar-refractivity contribution in [2.24, 2.45) is 0 Å². The van der Waals surface area contributed by atoms with E-state index in [1.54, 1.807) is 0 Å². The summed E-state index contributed by atoms with van der Waals surface area (Å²) in [7, 11) is 4.15. The normalized spacial score (nSPS) is 12.0. The molecular formula is C15H21N. The van der Waals surface area contributed by atoms with Crippen molar-refractivity contribution in [1.29, 1.82) is 0 Å². The van der Waals surface area contributed by atoms with Gasteiger partial charge in [0.05, 0.1) is 6.04 Å². The summed E-state index contributed by atoms with van der Waals surface area (Å²) < 4.78 is 0. The molecule has 1 unspecified atom stereocenters. The van der Waals surface area contributed by atoms with Gasteiger partial charge in [-0.3, -0.25) is 4.90 Å². The molecule has 1 heteroatoms. The van der Waals surface area contributed by atoms with E-state index in [2.05, 4.69) is 62.0 Å². The van der Waals surface area contributed by atoms with Crippen molar-refractivity contribution in [3.8, 4) is 11.8 Å². The van der Waals surface area contributed by atoms with Crippen LogP contribution in [-0.4, -0.2) is 19.0 Å². The van der Waals surface area contributed by atoms with Crippen LogP contribution in [0.3, 0.4) is 0 Å². The van der Waals surface area contributed by atoms with Crippen LogP contribution in [0.4, 0.5) is 0 Å². The van der Waals surface area contributed by atoms with E-state index in [1.165, 1.54) is 18.4 Å². The maximum atomic E-state index is 3.35. The molecule has 0 saturated heterocycles. The SMILES string of the molecule is CCCCC#CC(c1ccccc1)N(C)C. The van der Waals surface area contributed by atoms with Crippen molar-refractivity contribution in [3.05, 3.63) is 35.9 Å².